The van der Waals surface area contributed by atoms with E-state index >= 15 is 0 Å². The van der Waals surface area contributed by atoms with Gasteiger partial charge in [0.15, 0.2) is 5.11 Å². The smallest absolute Gasteiger partial charge is 0.167 e. The minimum atomic E-state index is 0.128. The molecule has 2 N–H and O–H groups in total. The van der Waals surface area contributed by atoms with E-state index in [-0.39, 0.29) is 6.04 Å². The van der Waals surface area contributed by atoms with E-state index in [1.807, 2.05) is 31.2 Å². The van der Waals surface area contributed by atoms with Crippen LogP contribution in [0.3, 0.4) is 0 Å². The molecular weight excluding hydrogens is 240 g/mol. The van der Waals surface area contributed by atoms with Gasteiger partial charge in [0.25, 0.3) is 0 Å². The summed E-state index contributed by atoms with van der Waals surface area (Å²) in [7, 11) is 0. The number of nitrogens with one attached hydrogen (secondary N) is 2. The molecule has 16 heavy (non-hydrogen) atoms. The highest BCUT2D eigenvalue weighted by Gasteiger charge is 2.06. The van der Waals surface area contributed by atoms with E-state index in [0.717, 1.165) is 10.6 Å². The van der Waals surface area contributed by atoms with Crippen molar-refractivity contribution in [3.8, 4) is 0 Å². The molecule has 0 fully saturated rings. The topological polar surface area (TPSA) is 24.1 Å². The number of halogens is 1. The summed E-state index contributed by atoms with van der Waals surface area (Å²) in [5.41, 5.74) is 1.11. The van der Waals surface area contributed by atoms with Crippen molar-refractivity contribution in [2.75, 3.05) is 6.54 Å². The van der Waals surface area contributed by atoms with Gasteiger partial charge in [0, 0.05) is 11.6 Å². The minimum Gasteiger partial charge on any atom is -0.359 e. The van der Waals surface area contributed by atoms with Crippen LogP contribution in [-0.2, 0) is 0 Å². The molecule has 0 unspecified atom stereocenters. The van der Waals surface area contributed by atoms with Gasteiger partial charge in [-0.1, -0.05) is 29.8 Å². The van der Waals surface area contributed by atoms with E-state index in [9.17, 15) is 0 Å². The molecule has 0 radical (unpaired) electrons. The molecule has 86 valence electrons. The molecule has 0 aliphatic rings. The number of hydrogen-bond acceptors (Lipinski definition) is 1. The van der Waals surface area contributed by atoms with Gasteiger partial charge in [0.2, 0.25) is 0 Å². The maximum atomic E-state index is 5.92. The molecule has 1 rings (SSSR count). The maximum absolute atomic E-state index is 5.92. The van der Waals surface area contributed by atoms with Gasteiger partial charge in [-0.2, -0.15) is 0 Å². The third kappa shape index (κ3) is 4.21. The van der Waals surface area contributed by atoms with Crippen LogP contribution >= 0.6 is 23.8 Å². The van der Waals surface area contributed by atoms with Crippen LogP contribution in [0.5, 0.6) is 0 Å². The maximum Gasteiger partial charge on any atom is 0.167 e. The fourth-order valence-electron chi connectivity index (χ4n) is 1.27. The van der Waals surface area contributed by atoms with Crippen LogP contribution in [0, 0.1) is 0 Å². The minimum absolute atomic E-state index is 0.128. The number of hydrogen-bond donors (Lipinski definition) is 2. The number of thiocarbonyl (C=S) groups is 1. The van der Waals surface area contributed by atoms with Gasteiger partial charge in [-0.15, -0.1) is 6.58 Å². The van der Waals surface area contributed by atoms with Crippen molar-refractivity contribution < 1.29 is 0 Å². The monoisotopic (exact) mass is 254 g/mol. The van der Waals surface area contributed by atoms with Crippen molar-refractivity contribution in [3.05, 3.63) is 47.5 Å². The molecule has 1 atom stereocenters. The molecule has 0 saturated carbocycles. The lowest BCUT2D eigenvalue weighted by Gasteiger charge is -2.16. The van der Waals surface area contributed by atoms with Crippen LogP contribution in [0.1, 0.15) is 18.5 Å². The highest BCUT2D eigenvalue weighted by atomic mass is 35.5. The second kappa shape index (κ2) is 6.51. The molecule has 1 aromatic rings. The van der Waals surface area contributed by atoms with Crippen LogP contribution in [0.2, 0.25) is 5.02 Å². The van der Waals surface area contributed by atoms with Crippen molar-refractivity contribution in [2.24, 2.45) is 0 Å². The Morgan fingerprint density at radius 2 is 2.38 bits per heavy atom. The Morgan fingerprint density at radius 1 is 1.62 bits per heavy atom. The van der Waals surface area contributed by atoms with Crippen LogP contribution in [0.4, 0.5) is 0 Å². The van der Waals surface area contributed by atoms with Crippen molar-refractivity contribution in [3.63, 3.8) is 0 Å². The van der Waals surface area contributed by atoms with Crippen molar-refractivity contribution >= 4 is 28.9 Å². The van der Waals surface area contributed by atoms with E-state index < -0.39 is 0 Å². The zero-order valence-electron chi connectivity index (χ0n) is 9.16. The third-order valence-corrected chi connectivity index (χ3v) is 2.60. The standard InChI is InChI=1S/C12H15ClN2S/c1-3-7-14-12(16)15-9(2)10-5-4-6-11(13)8-10/h3-6,8-9H,1,7H2,2H3,(H2,14,15,16)/t9-/m1/s1. The van der Waals surface area contributed by atoms with E-state index in [0.29, 0.717) is 11.7 Å². The Balaban J connectivity index is 2.54. The second-order valence-electron chi connectivity index (χ2n) is 3.42. The predicted molar refractivity (Wildman–Crippen MR) is 73.8 cm³/mol. The molecule has 1 aromatic carbocycles. The summed E-state index contributed by atoms with van der Waals surface area (Å²) >= 11 is 11.0. The summed E-state index contributed by atoms with van der Waals surface area (Å²) in [6.07, 6.45) is 1.76. The fourth-order valence-corrected chi connectivity index (χ4v) is 1.73. The Labute approximate surface area is 107 Å². The molecule has 2 nitrogen and oxygen atoms in total. The second-order valence-corrected chi connectivity index (χ2v) is 4.26. The predicted octanol–water partition coefficient (Wildman–Crippen LogP) is 3.05. The first-order chi connectivity index (χ1) is 7.63. The number of rotatable bonds is 4. The van der Waals surface area contributed by atoms with E-state index in [2.05, 4.69) is 17.2 Å². The third-order valence-electron chi connectivity index (χ3n) is 2.10. The molecular formula is C12H15ClN2S. The van der Waals surface area contributed by atoms with Crippen molar-refractivity contribution in [1.29, 1.82) is 0 Å². The summed E-state index contributed by atoms with van der Waals surface area (Å²) in [5, 5.41) is 7.54. The zero-order chi connectivity index (χ0) is 12.0. The van der Waals surface area contributed by atoms with Gasteiger partial charge in [0.1, 0.15) is 0 Å². The van der Waals surface area contributed by atoms with Crippen LogP contribution in [0.25, 0.3) is 0 Å². The summed E-state index contributed by atoms with van der Waals surface area (Å²) in [6.45, 7) is 6.31. The first-order valence-corrected chi connectivity index (χ1v) is 5.83. The fraction of sp³-hybridized carbons (Fsp3) is 0.250. The average molecular weight is 255 g/mol. The molecule has 0 spiro atoms. The normalized spacial score (nSPS) is 11.6. The van der Waals surface area contributed by atoms with Gasteiger partial charge in [-0.3, -0.25) is 0 Å². The quantitative estimate of drug-likeness (QED) is 0.638. The average Bonchev–Trinajstić information content (AvgIpc) is 2.26. The van der Waals surface area contributed by atoms with Gasteiger partial charge >= 0.3 is 0 Å². The van der Waals surface area contributed by atoms with E-state index in [1.165, 1.54) is 0 Å². The van der Waals surface area contributed by atoms with E-state index in [4.69, 9.17) is 23.8 Å². The summed E-state index contributed by atoms with van der Waals surface area (Å²) < 4.78 is 0. The van der Waals surface area contributed by atoms with Crippen LogP contribution in [0.15, 0.2) is 36.9 Å². The van der Waals surface area contributed by atoms with E-state index in [1.54, 1.807) is 6.08 Å². The molecule has 0 aliphatic carbocycles. The molecule has 0 amide bonds. The Hall–Kier alpha value is -1.06. The molecule has 0 heterocycles. The summed E-state index contributed by atoms with van der Waals surface area (Å²) in [4.78, 5) is 0. The molecule has 0 aromatic heterocycles. The van der Waals surface area contributed by atoms with Gasteiger partial charge in [-0.25, -0.2) is 0 Å². The Bertz CT molecular complexity index is 379. The van der Waals surface area contributed by atoms with Gasteiger partial charge < -0.3 is 10.6 Å². The lowest BCUT2D eigenvalue weighted by atomic mass is 10.1. The zero-order valence-corrected chi connectivity index (χ0v) is 10.7. The highest BCUT2D eigenvalue weighted by molar-refractivity contribution is 7.80. The van der Waals surface area contributed by atoms with Crippen molar-refractivity contribution in [1.82, 2.24) is 10.6 Å². The van der Waals surface area contributed by atoms with Gasteiger partial charge in [0.05, 0.1) is 6.04 Å². The molecule has 0 aliphatic heterocycles. The van der Waals surface area contributed by atoms with Gasteiger partial charge in [-0.05, 0) is 36.8 Å². The Morgan fingerprint density at radius 3 is 3.00 bits per heavy atom. The van der Waals surface area contributed by atoms with Crippen LogP contribution in [-0.4, -0.2) is 11.7 Å². The lowest BCUT2D eigenvalue weighted by Crippen LogP contribution is -2.36. The Kier molecular flexibility index (Phi) is 5.29. The largest absolute Gasteiger partial charge is 0.359 e. The molecule has 0 bridgehead atoms. The molecule has 4 heteroatoms. The highest BCUT2D eigenvalue weighted by Crippen LogP contribution is 2.16. The first kappa shape index (κ1) is 13.0. The number of benzene rings is 1. The van der Waals surface area contributed by atoms with Crippen molar-refractivity contribution in [2.45, 2.75) is 13.0 Å². The SMILES string of the molecule is C=CCNC(=S)N[C@H](C)c1cccc(Cl)c1. The van der Waals surface area contributed by atoms with Crippen LogP contribution < -0.4 is 10.6 Å². The lowest BCUT2D eigenvalue weighted by molar-refractivity contribution is 0.705. The summed E-state index contributed by atoms with van der Waals surface area (Å²) in [6, 6.07) is 7.85. The molecule has 0 saturated heterocycles. The first-order valence-electron chi connectivity index (χ1n) is 5.04. The summed E-state index contributed by atoms with van der Waals surface area (Å²) in [5.74, 6) is 0.